The summed E-state index contributed by atoms with van der Waals surface area (Å²) in [6.45, 7) is 3.94. The van der Waals surface area contributed by atoms with Gasteiger partial charge in [-0.2, -0.15) is 9.61 Å². The topological polar surface area (TPSA) is 36.7 Å². The molecule has 0 amide bonds. The van der Waals surface area contributed by atoms with Gasteiger partial charge in [-0.1, -0.05) is 53.5 Å². The molecule has 3 heterocycles. The van der Waals surface area contributed by atoms with Gasteiger partial charge in [-0.15, -0.1) is 0 Å². The minimum Gasteiger partial charge on any atom is -0.354 e. The Morgan fingerprint density at radius 1 is 0.867 bits per heavy atom. The summed E-state index contributed by atoms with van der Waals surface area (Å²) in [7, 11) is 2.15. The first-order valence-electron chi connectivity index (χ1n) is 9.94. The Balaban J connectivity index is 1.75. The largest absolute Gasteiger partial charge is 0.354 e. The van der Waals surface area contributed by atoms with Crippen molar-refractivity contribution in [1.82, 2.24) is 19.5 Å². The molecule has 0 spiro atoms. The second-order valence-corrected chi connectivity index (χ2v) is 8.38. The predicted molar refractivity (Wildman–Crippen MR) is 124 cm³/mol. The molecule has 0 unspecified atom stereocenters. The van der Waals surface area contributed by atoms with Gasteiger partial charge >= 0.3 is 0 Å². The molecule has 1 aliphatic heterocycles. The van der Waals surface area contributed by atoms with Crippen LogP contribution in [0.5, 0.6) is 0 Å². The molecule has 0 aliphatic carbocycles. The van der Waals surface area contributed by atoms with Gasteiger partial charge in [0.2, 0.25) is 0 Å². The molecular weight excluding hydrogens is 417 g/mol. The highest BCUT2D eigenvalue weighted by molar-refractivity contribution is 6.33. The first-order valence-corrected chi connectivity index (χ1v) is 10.7. The van der Waals surface area contributed by atoms with Crippen LogP contribution in [0.2, 0.25) is 10.0 Å². The van der Waals surface area contributed by atoms with Crippen molar-refractivity contribution in [1.29, 1.82) is 0 Å². The predicted octanol–water partition coefficient (Wildman–Crippen LogP) is 5.12. The lowest BCUT2D eigenvalue weighted by molar-refractivity contribution is 0.311. The Morgan fingerprint density at radius 2 is 1.60 bits per heavy atom. The Bertz CT molecular complexity index is 1190. The Kier molecular flexibility index (Phi) is 5.11. The summed E-state index contributed by atoms with van der Waals surface area (Å²) in [6, 6.07) is 17.6. The van der Waals surface area contributed by atoms with Gasteiger partial charge in [-0.05, 0) is 36.9 Å². The van der Waals surface area contributed by atoms with E-state index >= 15 is 0 Å². The van der Waals surface area contributed by atoms with E-state index in [0.29, 0.717) is 10.0 Å². The maximum atomic E-state index is 6.57. The summed E-state index contributed by atoms with van der Waals surface area (Å²) in [5.74, 6) is 1.04. The quantitative estimate of drug-likeness (QED) is 0.445. The minimum atomic E-state index is 0.664. The lowest BCUT2D eigenvalue weighted by atomic mass is 10.0. The van der Waals surface area contributed by atoms with E-state index in [9.17, 15) is 0 Å². The number of hydrogen-bond acceptors (Lipinski definition) is 4. The standard InChI is InChI=1S/C23H21Cl2N5/c1-28-12-14-29(15-13-28)20-10-11-26-23-21(16-6-8-17(24)9-7-16)22(27-30(20)23)18-4-2-3-5-19(18)25/h2-11H,12-15H2,1H3. The minimum absolute atomic E-state index is 0.664. The molecule has 2 aromatic carbocycles. The van der Waals surface area contributed by atoms with Crippen molar-refractivity contribution >= 4 is 34.7 Å². The SMILES string of the molecule is CN1CCN(c2ccnc3c(-c4ccc(Cl)cc4)c(-c4ccccc4Cl)nn23)CC1. The van der Waals surface area contributed by atoms with E-state index in [4.69, 9.17) is 33.3 Å². The van der Waals surface area contributed by atoms with Gasteiger partial charge in [-0.3, -0.25) is 0 Å². The third kappa shape index (κ3) is 3.43. The normalized spacial score (nSPS) is 15.1. The van der Waals surface area contributed by atoms with Crippen LogP contribution in [0, 0.1) is 0 Å². The summed E-state index contributed by atoms with van der Waals surface area (Å²) in [6.07, 6.45) is 1.86. The molecule has 152 valence electrons. The zero-order valence-corrected chi connectivity index (χ0v) is 18.1. The van der Waals surface area contributed by atoms with Gasteiger partial charge in [-0.25, -0.2) is 4.98 Å². The van der Waals surface area contributed by atoms with Crippen LogP contribution < -0.4 is 4.90 Å². The van der Waals surface area contributed by atoms with Crippen LogP contribution in [0.25, 0.3) is 28.0 Å². The smallest absolute Gasteiger partial charge is 0.165 e. The number of rotatable bonds is 3. The van der Waals surface area contributed by atoms with Crippen molar-refractivity contribution < 1.29 is 0 Å². The molecule has 1 fully saturated rings. The van der Waals surface area contributed by atoms with Crippen LogP contribution in [0.4, 0.5) is 5.82 Å². The molecule has 0 N–H and O–H groups in total. The van der Waals surface area contributed by atoms with Crippen molar-refractivity contribution in [3.63, 3.8) is 0 Å². The zero-order valence-electron chi connectivity index (χ0n) is 16.6. The third-order valence-electron chi connectivity index (χ3n) is 5.59. The van der Waals surface area contributed by atoms with E-state index in [1.165, 1.54) is 0 Å². The number of likely N-dealkylation sites (N-methyl/N-ethyl adjacent to an activating group) is 1. The van der Waals surface area contributed by atoms with Crippen LogP contribution in [0.15, 0.2) is 60.8 Å². The fraction of sp³-hybridized carbons (Fsp3) is 0.217. The van der Waals surface area contributed by atoms with E-state index in [1.54, 1.807) is 0 Å². The van der Waals surface area contributed by atoms with E-state index < -0.39 is 0 Å². The number of benzene rings is 2. The molecule has 0 radical (unpaired) electrons. The lowest BCUT2D eigenvalue weighted by Crippen LogP contribution is -2.45. The molecule has 7 heteroatoms. The first-order chi connectivity index (χ1) is 14.6. The van der Waals surface area contributed by atoms with Crippen molar-refractivity contribution in [2.24, 2.45) is 0 Å². The Morgan fingerprint density at radius 3 is 2.33 bits per heavy atom. The molecule has 5 nitrogen and oxygen atoms in total. The van der Waals surface area contributed by atoms with Crippen LogP contribution in [0.3, 0.4) is 0 Å². The van der Waals surface area contributed by atoms with Gasteiger partial charge in [0.05, 0.1) is 10.6 Å². The van der Waals surface area contributed by atoms with E-state index in [-0.39, 0.29) is 0 Å². The van der Waals surface area contributed by atoms with Gasteiger partial charge < -0.3 is 9.80 Å². The molecule has 4 aromatic rings. The van der Waals surface area contributed by atoms with E-state index in [0.717, 1.165) is 60.0 Å². The van der Waals surface area contributed by atoms with Crippen molar-refractivity contribution in [2.75, 3.05) is 38.1 Å². The van der Waals surface area contributed by atoms with Crippen LogP contribution in [-0.2, 0) is 0 Å². The highest BCUT2D eigenvalue weighted by atomic mass is 35.5. The monoisotopic (exact) mass is 437 g/mol. The number of nitrogens with zero attached hydrogens (tertiary/aromatic N) is 5. The average Bonchev–Trinajstić information content (AvgIpc) is 3.15. The van der Waals surface area contributed by atoms with Crippen LogP contribution in [0.1, 0.15) is 0 Å². The number of fused-ring (bicyclic) bond motifs is 1. The van der Waals surface area contributed by atoms with E-state index in [2.05, 4.69) is 16.8 Å². The Labute approximate surface area is 185 Å². The zero-order chi connectivity index (χ0) is 20.7. The Hall–Kier alpha value is -2.60. The molecule has 0 atom stereocenters. The summed E-state index contributed by atoms with van der Waals surface area (Å²) in [4.78, 5) is 9.42. The number of hydrogen-bond donors (Lipinski definition) is 0. The van der Waals surface area contributed by atoms with Gasteiger partial charge in [0.1, 0.15) is 11.5 Å². The van der Waals surface area contributed by atoms with Crippen LogP contribution in [-0.4, -0.2) is 52.7 Å². The van der Waals surface area contributed by atoms with Crippen molar-refractivity contribution in [2.45, 2.75) is 0 Å². The molecule has 0 bridgehead atoms. The second-order valence-electron chi connectivity index (χ2n) is 7.54. The van der Waals surface area contributed by atoms with Gasteiger partial charge in [0, 0.05) is 43.0 Å². The maximum Gasteiger partial charge on any atom is 0.165 e. The van der Waals surface area contributed by atoms with E-state index in [1.807, 2.05) is 65.3 Å². The number of aromatic nitrogens is 3. The molecular formula is C23H21Cl2N5. The summed E-state index contributed by atoms with van der Waals surface area (Å²) in [5, 5.41) is 6.38. The molecule has 5 rings (SSSR count). The number of piperazine rings is 1. The molecule has 30 heavy (non-hydrogen) atoms. The van der Waals surface area contributed by atoms with Crippen molar-refractivity contribution in [3.8, 4) is 22.4 Å². The fourth-order valence-electron chi connectivity index (χ4n) is 3.93. The highest BCUT2D eigenvalue weighted by Crippen LogP contribution is 2.38. The molecule has 0 saturated carbocycles. The highest BCUT2D eigenvalue weighted by Gasteiger charge is 2.23. The fourth-order valence-corrected chi connectivity index (χ4v) is 4.28. The van der Waals surface area contributed by atoms with Crippen molar-refractivity contribution in [3.05, 3.63) is 70.8 Å². The van der Waals surface area contributed by atoms with Gasteiger partial charge in [0.15, 0.2) is 5.65 Å². The first kappa shape index (κ1) is 19.4. The maximum absolute atomic E-state index is 6.57. The second kappa shape index (κ2) is 7.91. The van der Waals surface area contributed by atoms with Crippen LogP contribution >= 0.6 is 23.2 Å². The number of anilines is 1. The molecule has 2 aromatic heterocycles. The molecule has 1 aliphatic rings. The summed E-state index contributed by atoms with van der Waals surface area (Å²) >= 11 is 12.7. The average molecular weight is 438 g/mol. The third-order valence-corrected chi connectivity index (χ3v) is 6.17. The van der Waals surface area contributed by atoms with Gasteiger partial charge in [0.25, 0.3) is 0 Å². The molecule has 1 saturated heterocycles. The number of halogens is 2. The summed E-state index contributed by atoms with van der Waals surface area (Å²) in [5.41, 5.74) is 4.47. The summed E-state index contributed by atoms with van der Waals surface area (Å²) < 4.78 is 1.95. The lowest BCUT2D eigenvalue weighted by Gasteiger charge is -2.33.